The highest BCUT2D eigenvalue weighted by Gasteiger charge is 2.26. The summed E-state index contributed by atoms with van der Waals surface area (Å²) in [6.07, 6.45) is 1.44. The van der Waals surface area contributed by atoms with Crippen LogP contribution in [0.1, 0.15) is 13.3 Å². The molecule has 0 rings (SSSR count). The van der Waals surface area contributed by atoms with Crippen LogP contribution in [0.2, 0.25) is 0 Å². The zero-order chi connectivity index (χ0) is 12.2. The van der Waals surface area contributed by atoms with Gasteiger partial charge in [-0.25, -0.2) is 8.42 Å². The number of thiocarbonyl (C=S) groups is 1. The molecular weight excluding hydrogens is 236 g/mol. The Bertz CT molecular complexity index is 351. The first kappa shape index (κ1) is 14.3. The first-order valence-electron chi connectivity index (χ1n) is 4.38. The van der Waals surface area contributed by atoms with Crippen LogP contribution in [0.3, 0.4) is 0 Å². The van der Waals surface area contributed by atoms with Crippen LogP contribution in [-0.2, 0) is 14.6 Å². The molecule has 1 atom stereocenters. The second kappa shape index (κ2) is 5.41. The zero-order valence-corrected chi connectivity index (χ0v) is 10.7. The number of rotatable bonds is 5. The van der Waals surface area contributed by atoms with Gasteiger partial charge in [-0.1, -0.05) is 12.2 Å². The molecular formula is C8H16N2O3S2. The molecule has 88 valence electrons. The van der Waals surface area contributed by atoms with Gasteiger partial charge in [0.1, 0.15) is 5.25 Å². The normalized spacial score (nSPS) is 13.3. The van der Waals surface area contributed by atoms with E-state index in [0.29, 0.717) is 18.0 Å². The number of carbonyl (C=O) groups excluding carboxylic acids is 1. The highest BCUT2D eigenvalue weighted by atomic mass is 32.2. The third kappa shape index (κ3) is 5.08. The van der Waals surface area contributed by atoms with Crippen molar-refractivity contribution < 1.29 is 13.2 Å². The fourth-order valence-electron chi connectivity index (χ4n) is 0.882. The molecule has 0 bridgehead atoms. The van der Waals surface area contributed by atoms with Gasteiger partial charge >= 0.3 is 0 Å². The largest absolute Gasteiger partial charge is 0.393 e. The van der Waals surface area contributed by atoms with Crippen molar-refractivity contribution in [3.8, 4) is 0 Å². The van der Waals surface area contributed by atoms with Crippen LogP contribution in [-0.4, -0.2) is 49.3 Å². The van der Waals surface area contributed by atoms with Gasteiger partial charge in [0.2, 0.25) is 5.91 Å². The smallest absolute Gasteiger partial charge is 0.240 e. The highest BCUT2D eigenvalue weighted by Crippen LogP contribution is 2.03. The number of amides is 1. The van der Waals surface area contributed by atoms with E-state index in [4.69, 9.17) is 5.73 Å². The molecule has 1 amide bonds. The molecule has 15 heavy (non-hydrogen) atoms. The molecule has 0 aromatic carbocycles. The monoisotopic (exact) mass is 252 g/mol. The summed E-state index contributed by atoms with van der Waals surface area (Å²) in [4.78, 5) is 13.2. The van der Waals surface area contributed by atoms with Crippen LogP contribution in [0, 0.1) is 0 Å². The molecule has 0 aliphatic carbocycles. The minimum absolute atomic E-state index is 0.307. The maximum absolute atomic E-state index is 11.6. The van der Waals surface area contributed by atoms with Gasteiger partial charge in [0.25, 0.3) is 0 Å². The van der Waals surface area contributed by atoms with E-state index < -0.39 is 21.0 Å². The standard InChI is InChI=1S/C8H16N2O3S2/c1-6(15(3,12)13)8(11)10(2)5-4-7(9)14/h6H,4-5H2,1-3H3,(H2,9,14). The second-order valence-electron chi connectivity index (χ2n) is 3.45. The molecule has 0 aromatic heterocycles. The summed E-state index contributed by atoms with van der Waals surface area (Å²) in [5.41, 5.74) is 5.28. The predicted octanol–water partition coefficient (Wildman–Crippen LogP) is -0.446. The van der Waals surface area contributed by atoms with Gasteiger partial charge in [0, 0.05) is 26.3 Å². The fourth-order valence-corrected chi connectivity index (χ4v) is 1.52. The molecule has 7 heteroatoms. The predicted molar refractivity (Wildman–Crippen MR) is 63.3 cm³/mol. The van der Waals surface area contributed by atoms with Gasteiger partial charge in [-0.2, -0.15) is 0 Å². The van der Waals surface area contributed by atoms with Gasteiger partial charge in [0.05, 0.1) is 4.99 Å². The van der Waals surface area contributed by atoms with Crippen LogP contribution in [0.25, 0.3) is 0 Å². The third-order valence-electron chi connectivity index (χ3n) is 2.06. The number of sulfone groups is 1. The van der Waals surface area contributed by atoms with E-state index in [1.807, 2.05) is 0 Å². The van der Waals surface area contributed by atoms with Crippen molar-refractivity contribution >= 4 is 33.0 Å². The van der Waals surface area contributed by atoms with Crippen LogP contribution >= 0.6 is 12.2 Å². The Hall–Kier alpha value is -0.690. The molecule has 5 nitrogen and oxygen atoms in total. The van der Waals surface area contributed by atoms with Crippen molar-refractivity contribution in [2.75, 3.05) is 19.8 Å². The van der Waals surface area contributed by atoms with Crippen molar-refractivity contribution in [3.05, 3.63) is 0 Å². The Morgan fingerprint density at radius 2 is 2.00 bits per heavy atom. The molecule has 0 aliphatic heterocycles. The molecule has 1 unspecified atom stereocenters. The maximum atomic E-state index is 11.6. The summed E-state index contributed by atoms with van der Waals surface area (Å²) in [5.74, 6) is -0.436. The summed E-state index contributed by atoms with van der Waals surface area (Å²) in [6, 6.07) is 0. The zero-order valence-electron chi connectivity index (χ0n) is 9.06. The van der Waals surface area contributed by atoms with Crippen LogP contribution in [0.5, 0.6) is 0 Å². The number of carbonyl (C=O) groups is 1. The summed E-state index contributed by atoms with van der Waals surface area (Å²) < 4.78 is 22.2. The Kier molecular flexibility index (Phi) is 5.16. The van der Waals surface area contributed by atoms with E-state index in [1.54, 1.807) is 0 Å². The molecule has 0 radical (unpaired) electrons. The number of hydrogen-bond donors (Lipinski definition) is 1. The van der Waals surface area contributed by atoms with Crippen molar-refractivity contribution in [1.82, 2.24) is 4.90 Å². The van der Waals surface area contributed by atoms with Gasteiger partial charge in [-0.3, -0.25) is 4.79 Å². The average Bonchev–Trinajstić information content (AvgIpc) is 2.10. The Morgan fingerprint density at radius 1 is 1.53 bits per heavy atom. The summed E-state index contributed by atoms with van der Waals surface area (Å²) in [7, 11) is -1.81. The summed E-state index contributed by atoms with van der Waals surface area (Å²) >= 11 is 4.66. The SMILES string of the molecule is CC(C(=O)N(C)CCC(N)=S)S(C)(=O)=O. The highest BCUT2D eigenvalue weighted by molar-refractivity contribution is 7.92. The Balaban J connectivity index is 4.39. The lowest BCUT2D eigenvalue weighted by molar-refractivity contribution is -0.129. The Labute approximate surface area is 95.5 Å². The van der Waals surface area contributed by atoms with E-state index in [1.165, 1.54) is 18.9 Å². The van der Waals surface area contributed by atoms with Crippen LogP contribution in [0.15, 0.2) is 0 Å². The molecule has 0 spiro atoms. The molecule has 2 N–H and O–H groups in total. The lowest BCUT2D eigenvalue weighted by atomic mass is 10.3. The molecule has 0 saturated carbocycles. The maximum Gasteiger partial charge on any atom is 0.240 e. The van der Waals surface area contributed by atoms with Gasteiger partial charge in [-0.05, 0) is 6.92 Å². The van der Waals surface area contributed by atoms with E-state index in [-0.39, 0.29) is 0 Å². The van der Waals surface area contributed by atoms with E-state index in [9.17, 15) is 13.2 Å². The molecule has 0 aliphatic rings. The van der Waals surface area contributed by atoms with Gasteiger partial charge < -0.3 is 10.6 Å². The fraction of sp³-hybridized carbons (Fsp3) is 0.750. The molecule has 0 aromatic rings. The topological polar surface area (TPSA) is 80.5 Å². The van der Waals surface area contributed by atoms with Crippen molar-refractivity contribution in [3.63, 3.8) is 0 Å². The van der Waals surface area contributed by atoms with Crippen molar-refractivity contribution in [1.29, 1.82) is 0 Å². The van der Waals surface area contributed by atoms with Gasteiger partial charge in [-0.15, -0.1) is 0 Å². The van der Waals surface area contributed by atoms with E-state index in [0.717, 1.165) is 6.26 Å². The summed E-state index contributed by atoms with van der Waals surface area (Å²) in [5, 5.41) is -1.02. The van der Waals surface area contributed by atoms with Crippen molar-refractivity contribution in [2.24, 2.45) is 5.73 Å². The lowest BCUT2D eigenvalue weighted by Gasteiger charge is -2.20. The first-order valence-corrected chi connectivity index (χ1v) is 6.74. The van der Waals surface area contributed by atoms with Crippen LogP contribution in [0.4, 0.5) is 0 Å². The minimum atomic E-state index is -3.34. The van der Waals surface area contributed by atoms with Gasteiger partial charge in [0.15, 0.2) is 9.84 Å². The number of nitrogens with zero attached hydrogens (tertiary/aromatic N) is 1. The molecule has 0 heterocycles. The first-order chi connectivity index (χ1) is 6.66. The van der Waals surface area contributed by atoms with Crippen LogP contribution < -0.4 is 5.73 Å². The minimum Gasteiger partial charge on any atom is -0.393 e. The van der Waals surface area contributed by atoms with E-state index in [2.05, 4.69) is 12.2 Å². The second-order valence-corrected chi connectivity index (χ2v) is 6.34. The quantitative estimate of drug-likeness (QED) is 0.671. The number of nitrogens with two attached hydrogens (primary N) is 1. The molecule has 0 fully saturated rings. The Morgan fingerprint density at radius 3 is 2.33 bits per heavy atom. The average molecular weight is 252 g/mol. The lowest BCUT2D eigenvalue weighted by Crippen LogP contribution is -2.40. The molecule has 0 saturated heterocycles. The third-order valence-corrected chi connectivity index (χ3v) is 3.75. The number of hydrogen-bond acceptors (Lipinski definition) is 4. The summed E-state index contributed by atoms with van der Waals surface area (Å²) in [6.45, 7) is 1.71. The van der Waals surface area contributed by atoms with Crippen molar-refractivity contribution in [2.45, 2.75) is 18.6 Å². The van der Waals surface area contributed by atoms with E-state index >= 15 is 0 Å².